The summed E-state index contributed by atoms with van der Waals surface area (Å²) in [4.78, 5) is 13.0. The number of aromatic nitrogens is 1. The SMILES string of the molecule is COc1cc(I)nc([N+](=O)[O-])c1C(F)F. The molecule has 0 saturated heterocycles. The number of nitrogens with zero attached hydrogens (tertiary/aromatic N) is 2. The molecule has 0 fully saturated rings. The molecular formula is C7H5F2IN2O3. The lowest BCUT2D eigenvalue weighted by molar-refractivity contribution is -0.391. The van der Waals surface area contributed by atoms with Crippen molar-refractivity contribution in [2.45, 2.75) is 6.43 Å². The molecule has 0 N–H and O–H groups in total. The van der Waals surface area contributed by atoms with Crippen molar-refractivity contribution in [3.8, 4) is 5.75 Å². The highest BCUT2D eigenvalue weighted by atomic mass is 127. The van der Waals surface area contributed by atoms with Crippen LogP contribution < -0.4 is 4.74 Å². The van der Waals surface area contributed by atoms with Crippen LogP contribution >= 0.6 is 22.6 Å². The summed E-state index contributed by atoms with van der Waals surface area (Å²) in [6.45, 7) is 0. The van der Waals surface area contributed by atoms with Gasteiger partial charge in [0.05, 0.1) is 7.11 Å². The van der Waals surface area contributed by atoms with Gasteiger partial charge in [-0.25, -0.2) is 8.78 Å². The van der Waals surface area contributed by atoms with Crippen molar-refractivity contribution >= 4 is 28.4 Å². The van der Waals surface area contributed by atoms with Crippen LogP contribution in [0.4, 0.5) is 14.6 Å². The maximum atomic E-state index is 12.5. The molecule has 15 heavy (non-hydrogen) atoms. The van der Waals surface area contributed by atoms with Crippen LogP contribution in [0.3, 0.4) is 0 Å². The van der Waals surface area contributed by atoms with Gasteiger partial charge in [-0.15, -0.1) is 0 Å². The molecule has 0 aliphatic carbocycles. The molecule has 0 spiro atoms. The van der Waals surface area contributed by atoms with Crippen LogP contribution in [-0.4, -0.2) is 17.0 Å². The minimum absolute atomic E-state index is 0.223. The Balaban J connectivity index is 3.47. The fourth-order valence-electron chi connectivity index (χ4n) is 1.00. The van der Waals surface area contributed by atoms with Crippen LogP contribution in [0.2, 0.25) is 0 Å². The fraction of sp³-hybridized carbons (Fsp3) is 0.286. The number of ether oxygens (including phenoxy) is 1. The lowest BCUT2D eigenvalue weighted by Gasteiger charge is -2.07. The molecular weight excluding hydrogens is 325 g/mol. The molecule has 0 aromatic carbocycles. The summed E-state index contributed by atoms with van der Waals surface area (Å²) in [5, 5.41) is 10.5. The van der Waals surface area contributed by atoms with Crippen molar-refractivity contribution in [3.63, 3.8) is 0 Å². The molecule has 1 rings (SSSR count). The lowest BCUT2D eigenvalue weighted by Crippen LogP contribution is -2.03. The van der Waals surface area contributed by atoms with Gasteiger partial charge in [-0.05, 0) is 9.91 Å². The molecule has 5 nitrogen and oxygen atoms in total. The molecule has 1 aromatic heterocycles. The third-order valence-corrected chi connectivity index (χ3v) is 2.13. The Hall–Kier alpha value is -1.06. The van der Waals surface area contributed by atoms with Crippen molar-refractivity contribution in [3.05, 3.63) is 25.4 Å². The molecule has 0 saturated carbocycles. The van der Waals surface area contributed by atoms with Crippen LogP contribution in [0.5, 0.6) is 5.75 Å². The van der Waals surface area contributed by atoms with Crippen LogP contribution in [0.1, 0.15) is 12.0 Å². The third-order valence-electron chi connectivity index (χ3n) is 1.58. The normalized spacial score (nSPS) is 10.5. The number of rotatable bonds is 3. The van der Waals surface area contributed by atoms with Gasteiger partial charge in [0.15, 0.2) is 5.56 Å². The standard InChI is InChI=1S/C7H5F2IN2O3/c1-15-3-2-4(10)11-7(12(13)14)5(3)6(8)9/h2,6H,1H3. The van der Waals surface area contributed by atoms with Crippen molar-refractivity contribution in [1.82, 2.24) is 4.98 Å². The van der Waals surface area contributed by atoms with E-state index in [1.54, 1.807) is 22.6 Å². The van der Waals surface area contributed by atoms with E-state index in [0.717, 1.165) is 0 Å². The first kappa shape index (κ1) is 12.0. The van der Waals surface area contributed by atoms with Gasteiger partial charge in [0.1, 0.15) is 5.75 Å². The second-order valence-electron chi connectivity index (χ2n) is 2.44. The molecule has 0 aliphatic heterocycles. The topological polar surface area (TPSA) is 65.3 Å². The van der Waals surface area contributed by atoms with Gasteiger partial charge in [0.2, 0.25) is 3.70 Å². The molecule has 0 atom stereocenters. The molecule has 8 heteroatoms. The van der Waals surface area contributed by atoms with E-state index < -0.39 is 22.7 Å². The maximum Gasteiger partial charge on any atom is 0.377 e. The maximum absolute atomic E-state index is 12.5. The zero-order valence-electron chi connectivity index (χ0n) is 7.41. The monoisotopic (exact) mass is 330 g/mol. The highest BCUT2D eigenvalue weighted by Gasteiger charge is 2.29. The highest BCUT2D eigenvalue weighted by molar-refractivity contribution is 14.1. The van der Waals surface area contributed by atoms with E-state index in [1.807, 2.05) is 0 Å². The number of methoxy groups -OCH3 is 1. The predicted molar refractivity (Wildman–Crippen MR) is 55.1 cm³/mol. The van der Waals surface area contributed by atoms with E-state index in [-0.39, 0.29) is 9.45 Å². The van der Waals surface area contributed by atoms with Gasteiger partial charge in [-0.3, -0.25) is 0 Å². The van der Waals surface area contributed by atoms with E-state index in [0.29, 0.717) is 0 Å². The van der Waals surface area contributed by atoms with E-state index in [1.165, 1.54) is 13.2 Å². The summed E-state index contributed by atoms with van der Waals surface area (Å²) in [5.41, 5.74) is -0.789. The lowest BCUT2D eigenvalue weighted by atomic mass is 10.2. The van der Waals surface area contributed by atoms with Crippen molar-refractivity contribution in [2.75, 3.05) is 7.11 Å². The summed E-state index contributed by atoms with van der Waals surface area (Å²) in [7, 11) is 1.17. The second kappa shape index (κ2) is 4.64. The molecule has 0 radical (unpaired) electrons. The van der Waals surface area contributed by atoms with Crippen molar-refractivity contribution < 1.29 is 18.4 Å². The molecule has 1 aromatic rings. The third kappa shape index (κ3) is 2.49. The number of halogens is 3. The Kier molecular flexibility index (Phi) is 3.72. The number of alkyl halides is 2. The number of pyridine rings is 1. The van der Waals surface area contributed by atoms with Crippen LogP contribution in [-0.2, 0) is 0 Å². The summed E-state index contributed by atoms with van der Waals surface area (Å²) in [6, 6.07) is 1.22. The molecule has 0 unspecified atom stereocenters. The summed E-state index contributed by atoms with van der Waals surface area (Å²) in [5.74, 6) is -1.09. The Bertz CT molecular complexity index is 400. The van der Waals surface area contributed by atoms with Crippen molar-refractivity contribution in [2.24, 2.45) is 0 Å². The average molecular weight is 330 g/mol. The summed E-state index contributed by atoms with van der Waals surface area (Å²) in [6.07, 6.45) is -3.00. The average Bonchev–Trinajstić information content (AvgIpc) is 2.15. The van der Waals surface area contributed by atoms with Crippen LogP contribution in [0, 0.1) is 13.8 Å². The Morgan fingerprint density at radius 3 is 2.67 bits per heavy atom. The molecule has 0 amide bonds. The van der Waals surface area contributed by atoms with Gasteiger partial charge >= 0.3 is 5.82 Å². The van der Waals surface area contributed by atoms with E-state index in [4.69, 9.17) is 0 Å². The zero-order valence-corrected chi connectivity index (χ0v) is 9.57. The predicted octanol–water partition coefficient (Wildman–Crippen LogP) is 2.54. The number of nitro groups is 1. The van der Waals surface area contributed by atoms with Gasteiger partial charge in [-0.2, -0.15) is 0 Å². The van der Waals surface area contributed by atoms with Crippen LogP contribution in [0.25, 0.3) is 0 Å². The van der Waals surface area contributed by atoms with Gasteiger partial charge in [-0.1, -0.05) is 0 Å². The van der Waals surface area contributed by atoms with Gasteiger partial charge < -0.3 is 14.9 Å². The Morgan fingerprint density at radius 2 is 2.27 bits per heavy atom. The van der Waals surface area contributed by atoms with Crippen LogP contribution in [0.15, 0.2) is 6.07 Å². The van der Waals surface area contributed by atoms with E-state index >= 15 is 0 Å². The first-order valence-corrected chi connectivity index (χ1v) is 4.72. The molecule has 1 heterocycles. The summed E-state index contributed by atoms with van der Waals surface area (Å²) < 4.78 is 30.0. The van der Waals surface area contributed by atoms with Gasteiger partial charge in [0, 0.05) is 28.7 Å². The van der Waals surface area contributed by atoms with E-state index in [9.17, 15) is 18.9 Å². The van der Waals surface area contributed by atoms with E-state index in [2.05, 4.69) is 9.72 Å². The second-order valence-corrected chi connectivity index (χ2v) is 3.55. The molecule has 0 aliphatic rings. The number of hydrogen-bond donors (Lipinski definition) is 0. The Labute approximate surface area is 96.7 Å². The zero-order chi connectivity index (χ0) is 11.6. The fourth-order valence-corrected chi connectivity index (χ4v) is 1.51. The highest BCUT2D eigenvalue weighted by Crippen LogP contribution is 2.36. The summed E-state index contributed by atoms with van der Waals surface area (Å²) >= 11 is 1.69. The van der Waals surface area contributed by atoms with Crippen molar-refractivity contribution in [1.29, 1.82) is 0 Å². The van der Waals surface area contributed by atoms with Gasteiger partial charge in [0.25, 0.3) is 6.43 Å². The molecule has 0 bridgehead atoms. The molecule has 82 valence electrons. The largest absolute Gasteiger partial charge is 0.496 e. The smallest absolute Gasteiger partial charge is 0.377 e. The first-order valence-electron chi connectivity index (χ1n) is 3.64. The minimum atomic E-state index is -3.00. The first-order chi connectivity index (χ1) is 6.97. The minimum Gasteiger partial charge on any atom is -0.496 e. The number of hydrogen-bond acceptors (Lipinski definition) is 4. The quantitative estimate of drug-likeness (QED) is 0.370. The Morgan fingerprint density at radius 1 is 1.67 bits per heavy atom.